The summed E-state index contributed by atoms with van der Waals surface area (Å²) in [5.41, 5.74) is 1.34. The van der Waals surface area contributed by atoms with Gasteiger partial charge in [-0.15, -0.1) is 0 Å². The van der Waals surface area contributed by atoms with E-state index >= 15 is 0 Å². The summed E-state index contributed by atoms with van der Waals surface area (Å²) in [5.74, 6) is 0.521. The summed E-state index contributed by atoms with van der Waals surface area (Å²) in [5, 5.41) is 8.38. The van der Waals surface area contributed by atoms with Crippen LogP contribution in [0.3, 0.4) is 0 Å². The first-order valence-electron chi connectivity index (χ1n) is 6.02. The van der Waals surface area contributed by atoms with E-state index in [1.54, 1.807) is 23.0 Å². The molecule has 0 atom stereocenters. The number of aromatic nitrogens is 3. The fourth-order valence-electron chi connectivity index (χ4n) is 2.09. The first-order chi connectivity index (χ1) is 9.29. The lowest BCUT2D eigenvalue weighted by atomic mass is 10.2. The SMILES string of the molecule is CNc1nn(Cc2ccccc2F)c2ncccc12. The topological polar surface area (TPSA) is 42.7 Å². The maximum absolute atomic E-state index is 13.7. The molecule has 4 nitrogen and oxygen atoms in total. The maximum Gasteiger partial charge on any atom is 0.160 e. The summed E-state index contributed by atoms with van der Waals surface area (Å²) in [6.45, 7) is 0.363. The molecule has 3 rings (SSSR count). The van der Waals surface area contributed by atoms with E-state index in [1.807, 2.05) is 25.2 Å². The number of pyridine rings is 1. The number of rotatable bonds is 3. The minimum Gasteiger partial charge on any atom is -0.371 e. The molecule has 0 spiro atoms. The van der Waals surface area contributed by atoms with Crippen LogP contribution in [0.1, 0.15) is 5.56 Å². The summed E-state index contributed by atoms with van der Waals surface area (Å²) >= 11 is 0. The van der Waals surface area contributed by atoms with Crippen molar-refractivity contribution in [1.29, 1.82) is 0 Å². The molecule has 0 radical (unpaired) electrons. The van der Waals surface area contributed by atoms with Gasteiger partial charge in [0, 0.05) is 18.8 Å². The highest BCUT2D eigenvalue weighted by Gasteiger charge is 2.11. The Bertz CT molecular complexity index is 720. The number of hydrogen-bond acceptors (Lipinski definition) is 3. The second kappa shape index (κ2) is 4.68. The molecule has 0 aliphatic rings. The molecule has 0 aliphatic carbocycles. The van der Waals surface area contributed by atoms with Crippen molar-refractivity contribution in [2.24, 2.45) is 0 Å². The van der Waals surface area contributed by atoms with E-state index in [0.29, 0.717) is 12.1 Å². The zero-order valence-corrected chi connectivity index (χ0v) is 10.5. The van der Waals surface area contributed by atoms with Gasteiger partial charge >= 0.3 is 0 Å². The molecule has 0 saturated heterocycles. The Kier molecular flexibility index (Phi) is 2.87. The van der Waals surface area contributed by atoms with E-state index in [1.165, 1.54) is 6.07 Å². The monoisotopic (exact) mass is 256 g/mol. The third-order valence-corrected chi connectivity index (χ3v) is 3.02. The summed E-state index contributed by atoms with van der Waals surface area (Å²) in [7, 11) is 1.81. The van der Waals surface area contributed by atoms with Gasteiger partial charge in [-0.05, 0) is 18.2 Å². The van der Waals surface area contributed by atoms with Gasteiger partial charge in [0.25, 0.3) is 0 Å². The Labute approximate surface area is 109 Å². The number of nitrogens with zero attached hydrogens (tertiary/aromatic N) is 3. The Balaban J connectivity index is 2.09. The lowest BCUT2D eigenvalue weighted by Crippen LogP contribution is -2.04. The van der Waals surface area contributed by atoms with E-state index < -0.39 is 0 Å². The molecule has 0 fully saturated rings. The van der Waals surface area contributed by atoms with Crippen LogP contribution < -0.4 is 5.32 Å². The van der Waals surface area contributed by atoms with Crippen molar-refractivity contribution in [3.8, 4) is 0 Å². The molecule has 3 aromatic rings. The summed E-state index contributed by atoms with van der Waals surface area (Å²) in [6, 6.07) is 10.5. The normalized spacial score (nSPS) is 10.8. The highest BCUT2D eigenvalue weighted by molar-refractivity contribution is 5.87. The first-order valence-corrected chi connectivity index (χ1v) is 6.02. The smallest absolute Gasteiger partial charge is 0.160 e. The average molecular weight is 256 g/mol. The van der Waals surface area contributed by atoms with Crippen molar-refractivity contribution >= 4 is 16.9 Å². The Morgan fingerprint density at radius 2 is 2.05 bits per heavy atom. The predicted molar refractivity (Wildman–Crippen MR) is 72.6 cm³/mol. The second-order valence-corrected chi connectivity index (χ2v) is 4.22. The zero-order chi connectivity index (χ0) is 13.2. The molecule has 19 heavy (non-hydrogen) atoms. The quantitative estimate of drug-likeness (QED) is 0.783. The summed E-state index contributed by atoms with van der Waals surface area (Å²) < 4.78 is 15.4. The largest absolute Gasteiger partial charge is 0.371 e. The maximum atomic E-state index is 13.7. The second-order valence-electron chi connectivity index (χ2n) is 4.22. The lowest BCUT2D eigenvalue weighted by Gasteiger charge is -2.04. The summed E-state index contributed by atoms with van der Waals surface area (Å²) in [6.07, 6.45) is 1.71. The number of nitrogens with one attached hydrogen (secondary N) is 1. The van der Waals surface area contributed by atoms with Crippen molar-refractivity contribution in [2.45, 2.75) is 6.54 Å². The number of hydrogen-bond donors (Lipinski definition) is 1. The van der Waals surface area contributed by atoms with Gasteiger partial charge in [-0.25, -0.2) is 14.1 Å². The van der Waals surface area contributed by atoms with E-state index in [2.05, 4.69) is 15.4 Å². The first kappa shape index (κ1) is 11.6. The van der Waals surface area contributed by atoms with Crippen LogP contribution in [-0.2, 0) is 6.54 Å². The number of fused-ring (bicyclic) bond motifs is 1. The number of anilines is 1. The fraction of sp³-hybridized carbons (Fsp3) is 0.143. The minimum atomic E-state index is -0.229. The van der Waals surface area contributed by atoms with Crippen LogP contribution in [-0.4, -0.2) is 21.8 Å². The Hall–Kier alpha value is -2.43. The molecule has 5 heteroatoms. The molecular weight excluding hydrogens is 243 g/mol. The van der Waals surface area contributed by atoms with Crippen LogP contribution in [0.2, 0.25) is 0 Å². The molecule has 0 bridgehead atoms. The highest BCUT2D eigenvalue weighted by Crippen LogP contribution is 2.21. The van der Waals surface area contributed by atoms with Gasteiger partial charge < -0.3 is 5.32 Å². The van der Waals surface area contributed by atoms with Crippen molar-refractivity contribution in [2.75, 3.05) is 12.4 Å². The average Bonchev–Trinajstić information content (AvgIpc) is 2.80. The number of benzene rings is 1. The zero-order valence-electron chi connectivity index (χ0n) is 10.5. The van der Waals surface area contributed by atoms with Crippen LogP contribution in [0.4, 0.5) is 10.2 Å². The van der Waals surface area contributed by atoms with E-state index in [9.17, 15) is 4.39 Å². The van der Waals surface area contributed by atoms with Crippen molar-refractivity contribution in [3.63, 3.8) is 0 Å². The molecule has 1 aromatic carbocycles. The van der Waals surface area contributed by atoms with Crippen LogP contribution >= 0.6 is 0 Å². The van der Waals surface area contributed by atoms with Crippen molar-refractivity contribution < 1.29 is 4.39 Å². The highest BCUT2D eigenvalue weighted by atomic mass is 19.1. The van der Waals surface area contributed by atoms with E-state index in [-0.39, 0.29) is 5.82 Å². The van der Waals surface area contributed by atoms with Gasteiger partial charge in [0.05, 0.1) is 11.9 Å². The summed E-state index contributed by atoms with van der Waals surface area (Å²) in [4.78, 5) is 4.31. The molecule has 0 amide bonds. The van der Waals surface area contributed by atoms with Crippen LogP contribution in [0, 0.1) is 5.82 Å². The molecule has 0 saturated carbocycles. The van der Waals surface area contributed by atoms with Crippen molar-refractivity contribution in [1.82, 2.24) is 14.8 Å². The van der Waals surface area contributed by atoms with Crippen LogP contribution in [0.5, 0.6) is 0 Å². The lowest BCUT2D eigenvalue weighted by molar-refractivity contribution is 0.589. The Morgan fingerprint density at radius 3 is 2.84 bits per heavy atom. The van der Waals surface area contributed by atoms with Gasteiger partial charge in [-0.1, -0.05) is 18.2 Å². The van der Waals surface area contributed by atoms with E-state index in [0.717, 1.165) is 16.9 Å². The van der Waals surface area contributed by atoms with Gasteiger partial charge in [0.15, 0.2) is 11.5 Å². The predicted octanol–water partition coefficient (Wildman–Crippen LogP) is 2.66. The van der Waals surface area contributed by atoms with E-state index in [4.69, 9.17) is 0 Å². The third kappa shape index (κ3) is 2.03. The van der Waals surface area contributed by atoms with Crippen molar-refractivity contribution in [3.05, 3.63) is 54.0 Å². The fourth-order valence-corrected chi connectivity index (χ4v) is 2.09. The minimum absolute atomic E-state index is 0.229. The van der Waals surface area contributed by atoms with Gasteiger partial charge in [0.2, 0.25) is 0 Å². The van der Waals surface area contributed by atoms with Gasteiger partial charge in [0.1, 0.15) is 5.82 Å². The number of halogens is 1. The molecular formula is C14H13FN4. The molecule has 2 aromatic heterocycles. The molecule has 0 aliphatic heterocycles. The Morgan fingerprint density at radius 1 is 1.21 bits per heavy atom. The van der Waals surface area contributed by atoms with Gasteiger partial charge in [-0.3, -0.25) is 0 Å². The van der Waals surface area contributed by atoms with Gasteiger partial charge in [-0.2, -0.15) is 5.10 Å². The standard InChI is InChI=1S/C14H13FN4/c1-16-13-11-6-4-8-17-14(11)19(18-13)9-10-5-2-3-7-12(10)15/h2-8H,9H2,1H3,(H,16,18). The van der Waals surface area contributed by atoms with Crippen LogP contribution in [0.15, 0.2) is 42.6 Å². The molecule has 96 valence electrons. The molecule has 0 unspecified atom stereocenters. The third-order valence-electron chi connectivity index (χ3n) is 3.02. The molecule has 2 heterocycles. The molecule has 1 N–H and O–H groups in total. The van der Waals surface area contributed by atoms with Crippen LogP contribution in [0.25, 0.3) is 11.0 Å².